The smallest absolute Gasteiger partial charge is 0.253 e. The van der Waals surface area contributed by atoms with Crippen molar-refractivity contribution in [1.29, 1.82) is 0 Å². The quantitative estimate of drug-likeness (QED) is 0.587. The number of para-hydroxylation sites is 1. The van der Waals surface area contributed by atoms with E-state index in [2.05, 4.69) is 5.32 Å². The van der Waals surface area contributed by atoms with Crippen molar-refractivity contribution in [2.75, 3.05) is 13.1 Å². The van der Waals surface area contributed by atoms with Gasteiger partial charge in [0.1, 0.15) is 12.4 Å². The summed E-state index contributed by atoms with van der Waals surface area (Å²) >= 11 is 0. The number of nitrogens with one attached hydrogen (secondary N) is 1. The van der Waals surface area contributed by atoms with Crippen LogP contribution >= 0.6 is 0 Å². The molecule has 5 nitrogen and oxygen atoms in total. The lowest BCUT2D eigenvalue weighted by Gasteiger charge is -2.26. The summed E-state index contributed by atoms with van der Waals surface area (Å²) in [5.41, 5.74) is 3.08. The summed E-state index contributed by atoms with van der Waals surface area (Å²) in [7, 11) is 0. The number of hydrogen-bond donors (Lipinski definition) is 1. The fourth-order valence-corrected chi connectivity index (χ4v) is 3.87. The van der Waals surface area contributed by atoms with E-state index in [0.717, 1.165) is 42.8 Å². The molecule has 164 valence electrons. The molecular formula is C27H28N2O3. The second kappa shape index (κ2) is 10.6. The average molecular weight is 429 g/mol. The molecule has 3 aromatic carbocycles. The molecule has 1 fully saturated rings. The van der Waals surface area contributed by atoms with Crippen LogP contribution in [0.3, 0.4) is 0 Å². The number of amides is 2. The molecule has 1 aliphatic heterocycles. The van der Waals surface area contributed by atoms with Gasteiger partial charge in [-0.15, -0.1) is 0 Å². The first kappa shape index (κ1) is 21.6. The van der Waals surface area contributed by atoms with Gasteiger partial charge in [0.05, 0.1) is 0 Å². The summed E-state index contributed by atoms with van der Waals surface area (Å²) in [5.74, 6) is 0.709. The van der Waals surface area contributed by atoms with E-state index in [-0.39, 0.29) is 11.8 Å². The molecular weight excluding hydrogens is 400 g/mol. The van der Waals surface area contributed by atoms with Crippen LogP contribution in [0.15, 0.2) is 78.9 Å². The van der Waals surface area contributed by atoms with Gasteiger partial charge in [0.25, 0.3) is 11.8 Å². The van der Waals surface area contributed by atoms with Gasteiger partial charge < -0.3 is 15.0 Å². The van der Waals surface area contributed by atoms with Gasteiger partial charge >= 0.3 is 0 Å². The summed E-state index contributed by atoms with van der Waals surface area (Å²) in [6, 6.07) is 24.5. The van der Waals surface area contributed by atoms with E-state index in [1.807, 2.05) is 77.7 Å². The van der Waals surface area contributed by atoms with Crippen LogP contribution in [0.1, 0.15) is 51.1 Å². The maximum Gasteiger partial charge on any atom is 0.253 e. The summed E-state index contributed by atoms with van der Waals surface area (Å²) in [6.07, 6.45) is 3.35. The molecule has 5 heteroatoms. The third-order valence-electron chi connectivity index (χ3n) is 5.70. The van der Waals surface area contributed by atoms with Crippen molar-refractivity contribution in [1.82, 2.24) is 10.2 Å². The summed E-state index contributed by atoms with van der Waals surface area (Å²) in [5, 5.41) is 2.98. The van der Waals surface area contributed by atoms with Crippen LogP contribution in [0.5, 0.6) is 5.75 Å². The molecule has 0 atom stereocenters. The maximum absolute atomic E-state index is 12.8. The number of nitrogens with zero attached hydrogens (tertiary/aromatic N) is 1. The van der Waals surface area contributed by atoms with Crippen molar-refractivity contribution < 1.29 is 14.3 Å². The number of carbonyl (C=O) groups excluding carboxylic acids is 2. The zero-order valence-electron chi connectivity index (χ0n) is 18.1. The zero-order valence-corrected chi connectivity index (χ0v) is 18.1. The van der Waals surface area contributed by atoms with Crippen LogP contribution in [-0.2, 0) is 13.2 Å². The van der Waals surface area contributed by atoms with E-state index in [0.29, 0.717) is 24.3 Å². The molecule has 1 aliphatic rings. The molecule has 1 N–H and O–H groups in total. The first-order valence-corrected chi connectivity index (χ1v) is 11.1. The van der Waals surface area contributed by atoms with Crippen molar-refractivity contribution in [2.24, 2.45) is 0 Å². The number of carbonyl (C=O) groups is 2. The van der Waals surface area contributed by atoms with Gasteiger partial charge in [-0.1, -0.05) is 48.5 Å². The molecule has 4 rings (SSSR count). The Bertz CT molecular complexity index is 1040. The topological polar surface area (TPSA) is 58.6 Å². The standard InChI is InChI=1S/C27H28N2O3/c30-26(25-12-6-5-9-23(25)20-32-24-10-3-1-4-11-24)28-19-21-13-15-22(16-14-21)27(31)29-17-7-2-8-18-29/h1,3-6,9-16H,2,7-8,17-20H2,(H,28,30). The van der Waals surface area contributed by atoms with E-state index >= 15 is 0 Å². The normalized spacial score (nSPS) is 13.4. The lowest BCUT2D eigenvalue weighted by Crippen LogP contribution is -2.35. The van der Waals surface area contributed by atoms with Crippen LogP contribution in [0, 0.1) is 0 Å². The highest BCUT2D eigenvalue weighted by atomic mass is 16.5. The second-order valence-corrected chi connectivity index (χ2v) is 7.99. The summed E-state index contributed by atoms with van der Waals surface area (Å²) < 4.78 is 5.82. The van der Waals surface area contributed by atoms with Gasteiger partial charge in [0.15, 0.2) is 0 Å². The first-order valence-electron chi connectivity index (χ1n) is 11.1. The van der Waals surface area contributed by atoms with E-state index in [1.54, 1.807) is 6.07 Å². The van der Waals surface area contributed by atoms with Gasteiger partial charge in [0, 0.05) is 36.3 Å². The molecule has 1 saturated heterocycles. The lowest BCUT2D eigenvalue weighted by atomic mass is 10.1. The molecule has 0 radical (unpaired) electrons. The molecule has 2 amide bonds. The Kier molecular flexibility index (Phi) is 7.18. The number of rotatable bonds is 7. The number of ether oxygens (including phenoxy) is 1. The highest BCUT2D eigenvalue weighted by Crippen LogP contribution is 2.16. The van der Waals surface area contributed by atoms with Crippen LogP contribution < -0.4 is 10.1 Å². The Balaban J connectivity index is 1.34. The van der Waals surface area contributed by atoms with Crippen LogP contribution in [0.4, 0.5) is 0 Å². The molecule has 0 aromatic heterocycles. The number of hydrogen-bond acceptors (Lipinski definition) is 3. The molecule has 0 unspecified atom stereocenters. The Morgan fingerprint density at radius 3 is 2.25 bits per heavy atom. The second-order valence-electron chi connectivity index (χ2n) is 7.99. The van der Waals surface area contributed by atoms with Crippen molar-refractivity contribution in [3.63, 3.8) is 0 Å². The number of likely N-dealkylation sites (tertiary alicyclic amines) is 1. The maximum atomic E-state index is 12.8. The summed E-state index contributed by atoms with van der Waals surface area (Å²) in [4.78, 5) is 27.3. The molecule has 0 aliphatic carbocycles. The highest BCUT2D eigenvalue weighted by Gasteiger charge is 2.18. The Morgan fingerprint density at radius 1 is 0.812 bits per heavy atom. The minimum atomic E-state index is -0.147. The van der Waals surface area contributed by atoms with Crippen LogP contribution in [-0.4, -0.2) is 29.8 Å². The van der Waals surface area contributed by atoms with Crippen molar-refractivity contribution in [2.45, 2.75) is 32.4 Å². The molecule has 0 saturated carbocycles. The van der Waals surface area contributed by atoms with E-state index in [4.69, 9.17) is 4.74 Å². The minimum Gasteiger partial charge on any atom is -0.489 e. The number of benzene rings is 3. The fraction of sp³-hybridized carbons (Fsp3) is 0.259. The van der Waals surface area contributed by atoms with E-state index in [1.165, 1.54) is 6.42 Å². The van der Waals surface area contributed by atoms with Crippen molar-refractivity contribution >= 4 is 11.8 Å². The van der Waals surface area contributed by atoms with Gasteiger partial charge in [-0.2, -0.15) is 0 Å². The molecule has 0 bridgehead atoms. The largest absolute Gasteiger partial charge is 0.489 e. The molecule has 32 heavy (non-hydrogen) atoms. The predicted molar refractivity (Wildman–Crippen MR) is 125 cm³/mol. The third-order valence-corrected chi connectivity index (χ3v) is 5.70. The molecule has 3 aromatic rings. The first-order chi connectivity index (χ1) is 15.7. The Labute approximate surface area is 189 Å². The van der Waals surface area contributed by atoms with Gasteiger partial charge in [-0.05, 0) is 55.2 Å². The predicted octanol–water partition coefficient (Wildman–Crippen LogP) is 4.82. The molecule has 0 spiro atoms. The average Bonchev–Trinajstić information content (AvgIpc) is 2.87. The van der Waals surface area contributed by atoms with Crippen molar-refractivity contribution in [3.8, 4) is 5.75 Å². The summed E-state index contributed by atoms with van der Waals surface area (Å²) in [6.45, 7) is 2.39. The minimum absolute atomic E-state index is 0.0904. The fourth-order valence-electron chi connectivity index (χ4n) is 3.87. The Morgan fingerprint density at radius 2 is 1.50 bits per heavy atom. The van der Waals surface area contributed by atoms with Gasteiger partial charge in [-0.3, -0.25) is 9.59 Å². The van der Waals surface area contributed by atoms with Crippen LogP contribution in [0.2, 0.25) is 0 Å². The zero-order chi connectivity index (χ0) is 22.2. The van der Waals surface area contributed by atoms with E-state index < -0.39 is 0 Å². The number of piperidine rings is 1. The SMILES string of the molecule is O=C(NCc1ccc(C(=O)N2CCCCC2)cc1)c1ccccc1COc1ccccc1. The van der Waals surface area contributed by atoms with Gasteiger partial charge in [-0.25, -0.2) is 0 Å². The highest BCUT2D eigenvalue weighted by molar-refractivity contribution is 5.96. The molecule has 1 heterocycles. The van der Waals surface area contributed by atoms with Crippen molar-refractivity contribution in [3.05, 3.63) is 101 Å². The van der Waals surface area contributed by atoms with Crippen LogP contribution in [0.25, 0.3) is 0 Å². The monoisotopic (exact) mass is 428 g/mol. The Hall–Kier alpha value is -3.60. The van der Waals surface area contributed by atoms with E-state index in [9.17, 15) is 9.59 Å². The third kappa shape index (κ3) is 5.55. The van der Waals surface area contributed by atoms with Gasteiger partial charge in [0.2, 0.25) is 0 Å². The lowest BCUT2D eigenvalue weighted by molar-refractivity contribution is 0.0724.